The molecule has 1 fully saturated rings. The van der Waals surface area contributed by atoms with E-state index in [1.165, 1.54) is 0 Å². The quantitative estimate of drug-likeness (QED) is 0.792. The topological polar surface area (TPSA) is 66.8 Å². The first kappa shape index (κ1) is 15.7. The molecule has 1 saturated heterocycles. The zero-order valence-electron chi connectivity index (χ0n) is 12.2. The summed E-state index contributed by atoms with van der Waals surface area (Å²) in [5.41, 5.74) is 0.717. The highest BCUT2D eigenvalue weighted by Gasteiger charge is 2.42. The summed E-state index contributed by atoms with van der Waals surface area (Å²) in [4.78, 5) is 25.2. The summed E-state index contributed by atoms with van der Waals surface area (Å²) in [6.07, 6.45) is 0.274. The summed E-state index contributed by atoms with van der Waals surface area (Å²) in [7, 11) is 0. The Morgan fingerprint density at radius 1 is 1.47 bits per heavy atom. The normalized spacial score (nSPS) is 23.5. The van der Waals surface area contributed by atoms with Crippen LogP contribution in [0.3, 0.4) is 0 Å². The van der Waals surface area contributed by atoms with E-state index in [-0.39, 0.29) is 24.5 Å². The van der Waals surface area contributed by atoms with Crippen LogP contribution in [0.25, 0.3) is 0 Å². The third-order valence-corrected chi connectivity index (χ3v) is 3.70. The number of hydrogen-bond acceptors (Lipinski definition) is 4. The summed E-state index contributed by atoms with van der Waals surface area (Å²) in [5, 5.41) is 10.1. The molecule has 0 bridgehead atoms. The largest absolute Gasteiger partial charge is 0.447 e. The molecule has 0 spiro atoms. The van der Waals surface area contributed by atoms with Crippen LogP contribution in [0, 0.1) is 11.8 Å². The summed E-state index contributed by atoms with van der Waals surface area (Å²) >= 11 is 0. The van der Waals surface area contributed by atoms with E-state index in [9.17, 15) is 14.7 Å². The van der Waals surface area contributed by atoms with Gasteiger partial charge in [0.2, 0.25) is 5.91 Å². The summed E-state index contributed by atoms with van der Waals surface area (Å²) in [6.45, 7) is 9.29. The van der Waals surface area contributed by atoms with Crippen LogP contribution in [0.2, 0.25) is 0 Å². The number of nitrogens with zero attached hydrogens (tertiary/aromatic N) is 1. The maximum atomic E-state index is 12.4. The molecule has 0 aromatic carbocycles. The number of imide groups is 1. The van der Waals surface area contributed by atoms with Gasteiger partial charge in [-0.05, 0) is 25.3 Å². The van der Waals surface area contributed by atoms with E-state index in [1.54, 1.807) is 26.8 Å². The van der Waals surface area contributed by atoms with E-state index < -0.39 is 18.1 Å². The zero-order valence-corrected chi connectivity index (χ0v) is 12.2. The predicted molar refractivity (Wildman–Crippen MR) is 71.4 cm³/mol. The Bertz CT molecular complexity index is 389. The smallest absolute Gasteiger partial charge is 0.416 e. The molecule has 1 N–H and O–H groups in total. The lowest BCUT2D eigenvalue weighted by Gasteiger charge is -2.27. The molecule has 5 heteroatoms. The van der Waals surface area contributed by atoms with E-state index >= 15 is 0 Å². The van der Waals surface area contributed by atoms with Crippen molar-refractivity contribution in [3.63, 3.8) is 0 Å². The Morgan fingerprint density at radius 2 is 2.05 bits per heavy atom. The van der Waals surface area contributed by atoms with Crippen molar-refractivity contribution in [3.8, 4) is 0 Å². The van der Waals surface area contributed by atoms with Gasteiger partial charge in [0.1, 0.15) is 6.61 Å². The van der Waals surface area contributed by atoms with E-state index in [2.05, 4.69) is 0 Å². The van der Waals surface area contributed by atoms with E-state index in [0.29, 0.717) is 0 Å². The van der Waals surface area contributed by atoms with Gasteiger partial charge in [-0.15, -0.1) is 0 Å². The SMILES string of the molecule is C/C=C(\C)[C@@H](O)[C@H](C)C(=O)N1C(=O)OCC1C(C)C. The number of carbonyl (C=O) groups excluding carboxylic acids is 2. The number of aliphatic hydroxyl groups is 1. The molecule has 1 aliphatic rings. The number of amides is 2. The average molecular weight is 269 g/mol. The number of ether oxygens (including phenoxy) is 1. The molecule has 1 heterocycles. The molecule has 1 unspecified atom stereocenters. The van der Waals surface area contributed by atoms with Crippen LogP contribution in [0.15, 0.2) is 11.6 Å². The van der Waals surface area contributed by atoms with Crippen molar-refractivity contribution in [1.29, 1.82) is 0 Å². The average Bonchev–Trinajstić information content (AvgIpc) is 2.77. The molecule has 0 aromatic rings. The van der Waals surface area contributed by atoms with Crippen LogP contribution in [-0.4, -0.2) is 40.8 Å². The fourth-order valence-electron chi connectivity index (χ4n) is 2.10. The van der Waals surface area contributed by atoms with Crippen LogP contribution in [-0.2, 0) is 9.53 Å². The van der Waals surface area contributed by atoms with Gasteiger partial charge in [-0.25, -0.2) is 9.69 Å². The molecule has 2 amide bonds. The minimum Gasteiger partial charge on any atom is -0.447 e. The first-order chi connectivity index (χ1) is 8.81. The molecule has 0 radical (unpaired) electrons. The van der Waals surface area contributed by atoms with E-state index in [0.717, 1.165) is 10.5 Å². The van der Waals surface area contributed by atoms with Gasteiger partial charge in [-0.1, -0.05) is 26.8 Å². The molecule has 1 aliphatic heterocycles. The molecular formula is C14H23NO4. The molecule has 0 aliphatic carbocycles. The number of carbonyl (C=O) groups is 2. The zero-order chi connectivity index (χ0) is 14.7. The summed E-state index contributed by atoms with van der Waals surface area (Å²) in [6, 6.07) is -0.249. The molecule has 5 nitrogen and oxygen atoms in total. The lowest BCUT2D eigenvalue weighted by molar-refractivity contribution is -0.136. The van der Waals surface area contributed by atoms with Gasteiger partial charge in [0, 0.05) is 0 Å². The Labute approximate surface area is 114 Å². The maximum absolute atomic E-state index is 12.4. The van der Waals surface area contributed by atoms with Crippen molar-refractivity contribution in [2.75, 3.05) is 6.61 Å². The fraction of sp³-hybridized carbons (Fsp3) is 0.714. The van der Waals surface area contributed by atoms with Crippen molar-refractivity contribution in [3.05, 3.63) is 11.6 Å². The molecule has 108 valence electrons. The number of cyclic esters (lactones) is 1. The molecular weight excluding hydrogens is 246 g/mol. The Kier molecular flexibility index (Phi) is 5.11. The second-order valence-corrected chi connectivity index (χ2v) is 5.36. The van der Waals surface area contributed by atoms with E-state index in [1.807, 2.05) is 13.8 Å². The van der Waals surface area contributed by atoms with Crippen molar-refractivity contribution < 1.29 is 19.4 Å². The lowest BCUT2D eigenvalue weighted by atomic mass is 9.95. The molecule has 19 heavy (non-hydrogen) atoms. The van der Waals surface area contributed by atoms with Gasteiger partial charge >= 0.3 is 6.09 Å². The Morgan fingerprint density at radius 3 is 2.53 bits per heavy atom. The third-order valence-electron chi connectivity index (χ3n) is 3.70. The first-order valence-corrected chi connectivity index (χ1v) is 6.62. The summed E-state index contributed by atoms with van der Waals surface area (Å²) in [5.74, 6) is -0.916. The number of aliphatic hydroxyl groups excluding tert-OH is 1. The number of hydrogen-bond donors (Lipinski definition) is 1. The van der Waals surface area contributed by atoms with Gasteiger partial charge in [0.15, 0.2) is 0 Å². The van der Waals surface area contributed by atoms with Crippen molar-refractivity contribution in [1.82, 2.24) is 4.90 Å². The third kappa shape index (κ3) is 3.15. The van der Waals surface area contributed by atoms with Crippen molar-refractivity contribution in [2.24, 2.45) is 11.8 Å². The van der Waals surface area contributed by atoms with Crippen LogP contribution in [0.4, 0.5) is 4.79 Å². The second kappa shape index (κ2) is 6.19. The highest BCUT2D eigenvalue weighted by atomic mass is 16.6. The lowest BCUT2D eigenvalue weighted by Crippen LogP contribution is -2.46. The molecule has 1 rings (SSSR count). The fourth-order valence-corrected chi connectivity index (χ4v) is 2.10. The monoisotopic (exact) mass is 269 g/mol. The van der Waals surface area contributed by atoms with Crippen LogP contribution >= 0.6 is 0 Å². The highest BCUT2D eigenvalue weighted by molar-refractivity contribution is 5.95. The van der Waals surface area contributed by atoms with Gasteiger partial charge in [-0.3, -0.25) is 4.79 Å². The van der Waals surface area contributed by atoms with Crippen LogP contribution in [0.5, 0.6) is 0 Å². The Hall–Kier alpha value is -1.36. The van der Waals surface area contributed by atoms with Gasteiger partial charge < -0.3 is 9.84 Å². The number of allylic oxidation sites excluding steroid dienone is 1. The van der Waals surface area contributed by atoms with Gasteiger partial charge in [0.05, 0.1) is 18.1 Å². The van der Waals surface area contributed by atoms with Crippen molar-refractivity contribution >= 4 is 12.0 Å². The Balaban J connectivity index is 2.89. The van der Waals surface area contributed by atoms with Crippen LogP contribution < -0.4 is 0 Å². The van der Waals surface area contributed by atoms with Crippen LogP contribution in [0.1, 0.15) is 34.6 Å². The van der Waals surface area contributed by atoms with E-state index in [4.69, 9.17) is 4.74 Å². The number of rotatable bonds is 4. The highest BCUT2D eigenvalue weighted by Crippen LogP contribution is 2.24. The second-order valence-electron chi connectivity index (χ2n) is 5.36. The summed E-state index contributed by atoms with van der Waals surface area (Å²) < 4.78 is 4.95. The molecule has 0 saturated carbocycles. The molecule has 0 aromatic heterocycles. The predicted octanol–water partition coefficient (Wildman–Crippen LogP) is 1.95. The minimum absolute atomic E-state index is 0.127. The van der Waals surface area contributed by atoms with Gasteiger partial charge in [0.25, 0.3) is 0 Å². The minimum atomic E-state index is -0.876. The standard InChI is InChI=1S/C14H23NO4/c1-6-9(4)12(16)10(5)13(17)15-11(8(2)3)7-19-14(15)18/h6,8,10-12,16H,7H2,1-5H3/b9-6+/t10-,11?,12+/m0/s1. The molecule has 3 atom stereocenters. The van der Waals surface area contributed by atoms with Crippen molar-refractivity contribution in [2.45, 2.75) is 46.8 Å². The first-order valence-electron chi connectivity index (χ1n) is 6.62. The maximum Gasteiger partial charge on any atom is 0.416 e. The van der Waals surface area contributed by atoms with Gasteiger partial charge in [-0.2, -0.15) is 0 Å².